The molecule has 0 saturated carbocycles. The van der Waals surface area contributed by atoms with Crippen molar-refractivity contribution in [2.75, 3.05) is 33.6 Å². The monoisotopic (exact) mass is 364 g/mol. The van der Waals surface area contributed by atoms with E-state index in [9.17, 15) is 8.42 Å². The molecule has 1 saturated heterocycles. The molecular weight excluding hydrogens is 340 g/mol. The zero-order valence-electron chi connectivity index (χ0n) is 13.7. The van der Waals surface area contributed by atoms with Crippen LogP contribution in [0.15, 0.2) is 18.2 Å². The normalized spacial score (nSPS) is 16.7. The number of methoxy groups -OCH3 is 2. The van der Waals surface area contributed by atoms with Crippen LogP contribution >= 0.6 is 12.4 Å². The SMILES string of the molecule is COc1ccc(CNC2CCN(S(C)(=O)=O)CC2)cc1OC.Cl. The van der Waals surface area contributed by atoms with E-state index in [4.69, 9.17) is 9.47 Å². The minimum absolute atomic E-state index is 0. The van der Waals surface area contributed by atoms with Gasteiger partial charge in [-0.15, -0.1) is 12.4 Å². The van der Waals surface area contributed by atoms with Gasteiger partial charge >= 0.3 is 0 Å². The van der Waals surface area contributed by atoms with Gasteiger partial charge in [-0.3, -0.25) is 0 Å². The quantitative estimate of drug-likeness (QED) is 0.831. The van der Waals surface area contributed by atoms with Gasteiger partial charge < -0.3 is 14.8 Å². The van der Waals surface area contributed by atoms with Crippen LogP contribution in [0.1, 0.15) is 18.4 Å². The molecule has 0 spiro atoms. The molecule has 1 fully saturated rings. The molecule has 0 aromatic heterocycles. The van der Waals surface area contributed by atoms with Gasteiger partial charge in [-0.1, -0.05) is 6.07 Å². The van der Waals surface area contributed by atoms with E-state index in [1.165, 1.54) is 6.26 Å². The number of nitrogens with zero attached hydrogens (tertiary/aromatic N) is 1. The van der Waals surface area contributed by atoms with Crippen LogP contribution in [0.3, 0.4) is 0 Å². The van der Waals surface area contributed by atoms with E-state index < -0.39 is 10.0 Å². The molecule has 1 aliphatic rings. The smallest absolute Gasteiger partial charge is 0.211 e. The van der Waals surface area contributed by atoms with E-state index in [0.29, 0.717) is 30.6 Å². The van der Waals surface area contributed by atoms with Crippen LogP contribution in [0, 0.1) is 0 Å². The Labute approximate surface area is 144 Å². The largest absolute Gasteiger partial charge is 0.493 e. The maximum atomic E-state index is 11.5. The maximum absolute atomic E-state index is 11.5. The fraction of sp³-hybridized carbons (Fsp3) is 0.600. The molecule has 1 aromatic carbocycles. The maximum Gasteiger partial charge on any atom is 0.211 e. The van der Waals surface area contributed by atoms with E-state index in [1.54, 1.807) is 18.5 Å². The highest BCUT2D eigenvalue weighted by Crippen LogP contribution is 2.27. The Bertz CT molecular complexity index is 601. The van der Waals surface area contributed by atoms with Crippen LogP contribution in [0.5, 0.6) is 11.5 Å². The topological polar surface area (TPSA) is 67.9 Å². The molecule has 132 valence electrons. The number of halogens is 1. The lowest BCUT2D eigenvalue weighted by molar-refractivity contribution is 0.290. The molecule has 1 heterocycles. The summed E-state index contributed by atoms with van der Waals surface area (Å²) in [6.45, 7) is 1.90. The van der Waals surface area contributed by atoms with Crippen molar-refractivity contribution in [3.63, 3.8) is 0 Å². The van der Waals surface area contributed by atoms with Gasteiger partial charge in [0.05, 0.1) is 20.5 Å². The third-order valence-corrected chi connectivity index (χ3v) is 5.27. The molecule has 8 heteroatoms. The second-order valence-corrected chi connectivity index (χ2v) is 7.49. The highest BCUT2D eigenvalue weighted by molar-refractivity contribution is 7.88. The van der Waals surface area contributed by atoms with E-state index in [0.717, 1.165) is 24.9 Å². The number of hydrogen-bond donors (Lipinski definition) is 1. The van der Waals surface area contributed by atoms with Crippen LogP contribution in [0.25, 0.3) is 0 Å². The Morgan fingerprint density at radius 1 is 1.17 bits per heavy atom. The molecule has 0 radical (unpaired) electrons. The second kappa shape index (κ2) is 8.73. The van der Waals surface area contributed by atoms with Crippen molar-refractivity contribution >= 4 is 22.4 Å². The predicted molar refractivity (Wildman–Crippen MR) is 93.1 cm³/mol. The standard InChI is InChI=1S/C15H24N2O4S.ClH/c1-20-14-5-4-12(10-15(14)21-2)11-16-13-6-8-17(9-7-13)22(3,18)19;/h4-5,10,13,16H,6-9,11H2,1-3H3;1H. The number of rotatable bonds is 6. The van der Waals surface area contributed by atoms with Gasteiger partial charge in [0.2, 0.25) is 10.0 Å². The van der Waals surface area contributed by atoms with Crippen molar-refractivity contribution in [2.24, 2.45) is 0 Å². The molecule has 0 amide bonds. The van der Waals surface area contributed by atoms with Gasteiger partial charge in [0.15, 0.2) is 11.5 Å². The Morgan fingerprint density at radius 2 is 1.78 bits per heavy atom. The number of ether oxygens (including phenoxy) is 2. The van der Waals surface area contributed by atoms with Crippen molar-refractivity contribution in [3.8, 4) is 11.5 Å². The van der Waals surface area contributed by atoms with Crippen LogP contribution < -0.4 is 14.8 Å². The Morgan fingerprint density at radius 3 is 2.30 bits per heavy atom. The summed E-state index contributed by atoms with van der Waals surface area (Å²) in [5.41, 5.74) is 1.11. The molecule has 0 unspecified atom stereocenters. The Hall–Kier alpha value is -1.02. The van der Waals surface area contributed by atoms with E-state index in [1.807, 2.05) is 18.2 Å². The third-order valence-electron chi connectivity index (χ3n) is 3.97. The van der Waals surface area contributed by atoms with E-state index >= 15 is 0 Å². The van der Waals surface area contributed by atoms with E-state index in [-0.39, 0.29) is 12.4 Å². The lowest BCUT2D eigenvalue weighted by Gasteiger charge is -2.30. The summed E-state index contributed by atoms with van der Waals surface area (Å²) in [6.07, 6.45) is 2.94. The summed E-state index contributed by atoms with van der Waals surface area (Å²) in [7, 11) is 0.179. The number of piperidine rings is 1. The van der Waals surface area contributed by atoms with Gasteiger partial charge in [-0.25, -0.2) is 12.7 Å². The highest BCUT2D eigenvalue weighted by Gasteiger charge is 2.24. The van der Waals surface area contributed by atoms with Gasteiger partial charge in [-0.05, 0) is 30.5 Å². The minimum Gasteiger partial charge on any atom is -0.493 e. The third kappa shape index (κ3) is 5.53. The first-order valence-electron chi connectivity index (χ1n) is 7.33. The highest BCUT2D eigenvalue weighted by atomic mass is 35.5. The average molecular weight is 365 g/mol. The Kier molecular flexibility index (Phi) is 7.60. The summed E-state index contributed by atoms with van der Waals surface area (Å²) in [4.78, 5) is 0. The second-order valence-electron chi connectivity index (χ2n) is 5.51. The van der Waals surface area contributed by atoms with Crippen molar-refractivity contribution in [1.82, 2.24) is 9.62 Å². The lowest BCUT2D eigenvalue weighted by Crippen LogP contribution is -2.44. The van der Waals surface area contributed by atoms with E-state index in [2.05, 4.69) is 5.32 Å². The predicted octanol–water partition coefficient (Wildman–Crippen LogP) is 1.64. The molecule has 0 aliphatic carbocycles. The fourth-order valence-electron chi connectivity index (χ4n) is 2.64. The Balaban J connectivity index is 0.00000264. The zero-order valence-corrected chi connectivity index (χ0v) is 15.4. The van der Waals surface area contributed by atoms with Gasteiger partial charge in [0.25, 0.3) is 0 Å². The summed E-state index contributed by atoms with van der Waals surface area (Å²) < 4.78 is 35.0. The van der Waals surface area contributed by atoms with Crippen molar-refractivity contribution in [1.29, 1.82) is 0 Å². The molecule has 0 atom stereocenters. The number of hydrogen-bond acceptors (Lipinski definition) is 5. The molecular formula is C15H25ClN2O4S. The summed E-state index contributed by atoms with van der Waals surface area (Å²) in [5.74, 6) is 1.43. The van der Waals surface area contributed by atoms with Crippen molar-refractivity contribution < 1.29 is 17.9 Å². The molecule has 6 nitrogen and oxygen atoms in total. The first-order valence-corrected chi connectivity index (χ1v) is 9.18. The van der Waals surface area contributed by atoms with Crippen LogP contribution in [0.2, 0.25) is 0 Å². The van der Waals surface area contributed by atoms with Crippen molar-refractivity contribution in [2.45, 2.75) is 25.4 Å². The van der Waals surface area contributed by atoms with Crippen LogP contribution in [0.4, 0.5) is 0 Å². The molecule has 2 rings (SSSR count). The summed E-state index contributed by atoms with van der Waals surface area (Å²) >= 11 is 0. The molecule has 1 aliphatic heterocycles. The molecule has 23 heavy (non-hydrogen) atoms. The fourth-order valence-corrected chi connectivity index (χ4v) is 3.52. The molecule has 0 bridgehead atoms. The van der Waals surface area contributed by atoms with Gasteiger partial charge in [-0.2, -0.15) is 0 Å². The molecule has 1 aromatic rings. The average Bonchev–Trinajstić information content (AvgIpc) is 2.52. The van der Waals surface area contributed by atoms with Crippen molar-refractivity contribution in [3.05, 3.63) is 23.8 Å². The first kappa shape index (κ1) is 20.0. The minimum atomic E-state index is -3.06. The lowest BCUT2D eigenvalue weighted by atomic mass is 10.1. The van der Waals surface area contributed by atoms with Crippen LogP contribution in [-0.2, 0) is 16.6 Å². The first-order chi connectivity index (χ1) is 10.4. The van der Waals surface area contributed by atoms with Gasteiger partial charge in [0, 0.05) is 25.7 Å². The zero-order chi connectivity index (χ0) is 16.2. The van der Waals surface area contributed by atoms with Crippen LogP contribution in [-0.4, -0.2) is 52.3 Å². The number of sulfonamides is 1. The number of benzene rings is 1. The number of nitrogens with one attached hydrogen (secondary N) is 1. The summed E-state index contributed by atoms with van der Waals surface area (Å²) in [5, 5.41) is 3.48. The molecule has 1 N–H and O–H groups in total. The van der Waals surface area contributed by atoms with Gasteiger partial charge in [0.1, 0.15) is 0 Å². The summed E-state index contributed by atoms with van der Waals surface area (Å²) in [6, 6.07) is 6.19.